The first-order valence-electron chi connectivity index (χ1n) is 5.53. The van der Waals surface area contributed by atoms with Crippen LogP contribution in [0.25, 0.3) is 0 Å². The summed E-state index contributed by atoms with van der Waals surface area (Å²) in [5.41, 5.74) is 0. The first-order valence-corrected chi connectivity index (χ1v) is 6.35. The Bertz CT molecular complexity index is 435. The molecule has 0 fully saturated rings. The molecule has 0 spiro atoms. The van der Waals surface area contributed by atoms with Crippen molar-refractivity contribution in [1.82, 2.24) is 15.1 Å². The molecule has 0 saturated heterocycles. The van der Waals surface area contributed by atoms with Gasteiger partial charge >= 0.3 is 12.0 Å². The van der Waals surface area contributed by atoms with E-state index in [1.165, 1.54) is 16.2 Å². The van der Waals surface area contributed by atoms with Crippen LogP contribution in [0.15, 0.2) is 0 Å². The summed E-state index contributed by atoms with van der Waals surface area (Å²) in [4.78, 5) is 24.0. The molecule has 1 aromatic rings. The highest BCUT2D eigenvalue weighted by Crippen LogP contribution is 2.15. The van der Waals surface area contributed by atoms with Crippen molar-refractivity contribution in [3.63, 3.8) is 0 Å². The molecule has 18 heavy (non-hydrogen) atoms. The number of carbonyl (C=O) groups excluding carboxylic acids is 1. The fourth-order valence-electron chi connectivity index (χ4n) is 1.30. The minimum Gasteiger partial charge on any atom is -0.480 e. The second-order valence-electron chi connectivity index (χ2n) is 3.84. The monoisotopic (exact) mass is 272 g/mol. The third-order valence-corrected chi connectivity index (χ3v) is 3.18. The number of aromatic nitrogens is 2. The number of amides is 2. The number of anilines is 1. The lowest BCUT2D eigenvalue weighted by Gasteiger charge is -2.26. The molecular formula is C10H16N4O3S. The maximum Gasteiger partial charge on any atom is 0.324 e. The quantitative estimate of drug-likeness (QED) is 0.848. The topological polar surface area (TPSA) is 95.4 Å². The van der Waals surface area contributed by atoms with Gasteiger partial charge in [0, 0.05) is 6.04 Å². The molecule has 0 aliphatic rings. The van der Waals surface area contributed by atoms with Gasteiger partial charge in [-0.25, -0.2) is 4.79 Å². The third-order valence-electron chi connectivity index (χ3n) is 2.43. The zero-order chi connectivity index (χ0) is 13.7. The zero-order valence-electron chi connectivity index (χ0n) is 10.5. The summed E-state index contributed by atoms with van der Waals surface area (Å²) in [5.74, 6) is -1.04. The lowest BCUT2D eigenvalue weighted by Crippen LogP contribution is -2.44. The number of nitrogens with one attached hydrogen (secondary N) is 1. The molecule has 0 aliphatic heterocycles. The van der Waals surface area contributed by atoms with E-state index in [0.717, 1.165) is 5.01 Å². The Kier molecular flexibility index (Phi) is 5.02. The summed E-state index contributed by atoms with van der Waals surface area (Å²) < 4.78 is 0. The maximum absolute atomic E-state index is 11.9. The predicted octanol–water partition coefficient (Wildman–Crippen LogP) is 1.56. The average Bonchev–Trinajstić information content (AvgIpc) is 2.70. The number of nitrogens with zero attached hydrogens (tertiary/aromatic N) is 3. The lowest BCUT2D eigenvalue weighted by atomic mass is 10.2. The molecule has 1 heterocycles. The molecule has 1 rings (SSSR count). The number of hydrogen-bond acceptors (Lipinski definition) is 5. The van der Waals surface area contributed by atoms with E-state index in [2.05, 4.69) is 15.5 Å². The smallest absolute Gasteiger partial charge is 0.324 e. The molecule has 1 unspecified atom stereocenters. The first kappa shape index (κ1) is 14.4. The Hall–Kier alpha value is -1.70. The molecule has 7 nitrogen and oxygen atoms in total. The molecule has 2 N–H and O–H groups in total. The van der Waals surface area contributed by atoms with Crippen molar-refractivity contribution in [2.75, 3.05) is 11.9 Å². The van der Waals surface area contributed by atoms with E-state index in [0.29, 0.717) is 11.6 Å². The van der Waals surface area contributed by atoms with Crippen LogP contribution in [0.5, 0.6) is 0 Å². The van der Waals surface area contributed by atoms with Gasteiger partial charge < -0.3 is 10.0 Å². The number of aliphatic carboxylic acids is 1. The van der Waals surface area contributed by atoms with Gasteiger partial charge in [-0.2, -0.15) is 0 Å². The Balaban J connectivity index is 2.72. The van der Waals surface area contributed by atoms with Crippen molar-refractivity contribution >= 4 is 28.5 Å². The van der Waals surface area contributed by atoms with Crippen LogP contribution in [-0.4, -0.2) is 44.8 Å². The van der Waals surface area contributed by atoms with Gasteiger partial charge in [-0.15, -0.1) is 10.2 Å². The van der Waals surface area contributed by atoms with Crippen LogP contribution in [-0.2, 0) is 4.79 Å². The van der Waals surface area contributed by atoms with Crippen molar-refractivity contribution < 1.29 is 14.7 Å². The summed E-state index contributed by atoms with van der Waals surface area (Å²) >= 11 is 1.24. The van der Waals surface area contributed by atoms with Gasteiger partial charge in [0.2, 0.25) is 5.13 Å². The highest BCUT2D eigenvalue weighted by Gasteiger charge is 2.22. The van der Waals surface area contributed by atoms with E-state index in [9.17, 15) is 9.59 Å². The van der Waals surface area contributed by atoms with Crippen LogP contribution >= 0.6 is 11.3 Å². The van der Waals surface area contributed by atoms with Crippen LogP contribution < -0.4 is 5.32 Å². The standard InChI is InChI=1S/C10H16N4O3S/c1-4-6(2)14(5-8(15)16)10(17)11-9-13-12-7(3)18-9/h6H,4-5H2,1-3H3,(H,15,16)(H,11,13,17). The number of aryl methyl sites for hydroxylation is 1. The van der Waals surface area contributed by atoms with E-state index >= 15 is 0 Å². The summed E-state index contributed by atoms with van der Waals surface area (Å²) in [6, 6.07) is -0.627. The summed E-state index contributed by atoms with van der Waals surface area (Å²) in [6.07, 6.45) is 0.676. The summed E-state index contributed by atoms with van der Waals surface area (Å²) in [6.45, 7) is 5.13. The van der Waals surface area contributed by atoms with Crippen LogP contribution in [0.3, 0.4) is 0 Å². The second-order valence-corrected chi connectivity index (χ2v) is 5.02. The van der Waals surface area contributed by atoms with Gasteiger partial charge in [0.15, 0.2) is 0 Å². The lowest BCUT2D eigenvalue weighted by molar-refractivity contribution is -0.138. The van der Waals surface area contributed by atoms with Gasteiger partial charge in [0.05, 0.1) is 0 Å². The predicted molar refractivity (Wildman–Crippen MR) is 67.8 cm³/mol. The SMILES string of the molecule is CCC(C)N(CC(=O)O)C(=O)Nc1nnc(C)s1. The van der Waals surface area contributed by atoms with E-state index in [4.69, 9.17) is 5.11 Å². The van der Waals surface area contributed by atoms with Gasteiger partial charge in [0.1, 0.15) is 11.6 Å². The van der Waals surface area contributed by atoms with Crippen molar-refractivity contribution in [2.24, 2.45) is 0 Å². The molecule has 100 valence electrons. The summed E-state index contributed by atoms with van der Waals surface area (Å²) in [7, 11) is 0. The van der Waals surface area contributed by atoms with Gasteiger partial charge in [0.25, 0.3) is 0 Å². The molecule has 0 bridgehead atoms. The van der Waals surface area contributed by atoms with E-state index in [1.807, 2.05) is 6.92 Å². The Morgan fingerprint density at radius 2 is 2.17 bits per heavy atom. The fraction of sp³-hybridized carbons (Fsp3) is 0.600. The van der Waals surface area contributed by atoms with Gasteiger partial charge in [-0.3, -0.25) is 10.1 Å². The van der Waals surface area contributed by atoms with Crippen LogP contribution in [0.1, 0.15) is 25.3 Å². The van der Waals surface area contributed by atoms with Crippen molar-refractivity contribution in [3.8, 4) is 0 Å². The number of carbonyl (C=O) groups is 2. The van der Waals surface area contributed by atoms with Crippen molar-refractivity contribution in [1.29, 1.82) is 0 Å². The highest BCUT2D eigenvalue weighted by atomic mass is 32.1. The fourth-order valence-corrected chi connectivity index (χ4v) is 1.89. The maximum atomic E-state index is 11.9. The number of carboxylic acid groups (broad SMARTS) is 1. The van der Waals surface area contributed by atoms with E-state index in [1.54, 1.807) is 13.8 Å². The molecule has 1 aromatic heterocycles. The average molecular weight is 272 g/mol. The van der Waals surface area contributed by atoms with Gasteiger partial charge in [-0.1, -0.05) is 18.3 Å². The molecule has 0 saturated carbocycles. The normalized spacial score (nSPS) is 11.9. The molecule has 0 aliphatic carbocycles. The molecule has 1 atom stereocenters. The number of carboxylic acids is 1. The zero-order valence-corrected chi connectivity index (χ0v) is 11.3. The summed E-state index contributed by atoms with van der Waals surface area (Å²) in [5, 5.41) is 20.0. The number of hydrogen-bond donors (Lipinski definition) is 2. The van der Waals surface area contributed by atoms with E-state index in [-0.39, 0.29) is 12.6 Å². The largest absolute Gasteiger partial charge is 0.480 e. The molecule has 8 heteroatoms. The molecule has 0 aromatic carbocycles. The Morgan fingerprint density at radius 1 is 1.50 bits per heavy atom. The highest BCUT2D eigenvalue weighted by molar-refractivity contribution is 7.15. The van der Waals surface area contributed by atoms with Crippen LogP contribution in [0, 0.1) is 6.92 Å². The minimum absolute atomic E-state index is 0.157. The third kappa shape index (κ3) is 3.95. The molecule has 0 radical (unpaired) electrons. The number of rotatable bonds is 5. The van der Waals surface area contributed by atoms with Crippen LogP contribution in [0.4, 0.5) is 9.93 Å². The van der Waals surface area contributed by atoms with Crippen molar-refractivity contribution in [3.05, 3.63) is 5.01 Å². The Labute approximate surface area is 109 Å². The van der Waals surface area contributed by atoms with Crippen molar-refractivity contribution in [2.45, 2.75) is 33.2 Å². The minimum atomic E-state index is -1.04. The first-order chi connectivity index (χ1) is 8.43. The Morgan fingerprint density at radius 3 is 2.61 bits per heavy atom. The molecular weight excluding hydrogens is 256 g/mol. The molecule has 2 amide bonds. The van der Waals surface area contributed by atoms with Gasteiger partial charge in [-0.05, 0) is 20.3 Å². The number of urea groups is 1. The second kappa shape index (κ2) is 6.29. The van der Waals surface area contributed by atoms with Crippen LogP contribution in [0.2, 0.25) is 0 Å². The van der Waals surface area contributed by atoms with E-state index < -0.39 is 12.0 Å².